The predicted molar refractivity (Wildman–Crippen MR) is 127 cm³/mol. The number of carbonyl (C=O) groups is 2. The van der Waals surface area contributed by atoms with Crippen molar-refractivity contribution >= 4 is 34.8 Å². The van der Waals surface area contributed by atoms with Gasteiger partial charge in [0.2, 0.25) is 0 Å². The number of nitrogens with one attached hydrogen (secondary N) is 1. The van der Waals surface area contributed by atoms with Crippen LogP contribution in [0.5, 0.6) is 0 Å². The van der Waals surface area contributed by atoms with Crippen LogP contribution in [-0.2, 0) is 4.74 Å². The maximum atomic E-state index is 12.6. The van der Waals surface area contributed by atoms with E-state index < -0.39 is 24.6 Å². The minimum atomic E-state index is -4.55. The van der Waals surface area contributed by atoms with E-state index >= 15 is 0 Å². The van der Waals surface area contributed by atoms with Gasteiger partial charge in [0, 0.05) is 4.88 Å². The second-order valence-electron chi connectivity index (χ2n) is 7.31. The Morgan fingerprint density at radius 1 is 1.06 bits per heavy atom. The minimum Gasteiger partial charge on any atom is -0.465 e. The van der Waals surface area contributed by atoms with Gasteiger partial charge in [-0.2, -0.15) is 18.3 Å². The average Bonchev–Trinajstić information content (AvgIpc) is 3.50. The Morgan fingerprint density at radius 3 is 2.51 bits per heavy atom. The number of para-hydroxylation sites is 1. The fourth-order valence-electron chi connectivity index (χ4n) is 3.29. The number of ether oxygens (including phenoxy) is 1. The molecule has 0 fully saturated rings. The molecule has 0 aliphatic rings. The van der Waals surface area contributed by atoms with Crippen LogP contribution in [0.3, 0.4) is 0 Å². The lowest BCUT2D eigenvalue weighted by Gasteiger charge is -2.08. The van der Waals surface area contributed by atoms with E-state index in [0.29, 0.717) is 26.8 Å². The number of nitrogens with zero attached hydrogens (tertiary/aromatic N) is 2. The predicted octanol–water partition coefficient (Wildman–Crippen LogP) is 6.00. The van der Waals surface area contributed by atoms with E-state index in [-0.39, 0.29) is 5.69 Å². The Bertz CT molecular complexity index is 1400. The summed E-state index contributed by atoms with van der Waals surface area (Å²) in [4.78, 5) is 25.8. The van der Waals surface area contributed by atoms with Crippen LogP contribution in [0.1, 0.15) is 20.8 Å². The molecule has 0 aliphatic heterocycles. The summed E-state index contributed by atoms with van der Waals surface area (Å²) in [7, 11) is 1.30. The van der Waals surface area contributed by atoms with Gasteiger partial charge in [-0.05, 0) is 48.0 Å². The SMILES string of the molecule is COC(=O)c1cccc(-c2ccc(-c3cc(C(=O)NCC(F)(F)F)nn3-c3ccccc3Cl)s2)c1. The molecule has 0 radical (unpaired) electrons. The highest BCUT2D eigenvalue weighted by Crippen LogP contribution is 2.37. The second-order valence-corrected chi connectivity index (χ2v) is 8.80. The van der Waals surface area contributed by atoms with Crippen LogP contribution in [-0.4, -0.2) is 41.5 Å². The lowest BCUT2D eigenvalue weighted by molar-refractivity contribution is -0.123. The summed E-state index contributed by atoms with van der Waals surface area (Å²) in [5.74, 6) is -1.42. The molecular formula is C24H17ClF3N3O3S. The molecule has 2 aromatic carbocycles. The molecule has 2 heterocycles. The van der Waals surface area contributed by atoms with E-state index in [2.05, 4.69) is 5.10 Å². The molecule has 4 aromatic rings. The Labute approximate surface area is 206 Å². The molecule has 2 aromatic heterocycles. The third-order valence-corrected chi connectivity index (χ3v) is 6.38. The zero-order chi connectivity index (χ0) is 25.2. The zero-order valence-electron chi connectivity index (χ0n) is 18.1. The first-order chi connectivity index (χ1) is 16.7. The van der Waals surface area contributed by atoms with Gasteiger partial charge in [0.1, 0.15) is 6.54 Å². The van der Waals surface area contributed by atoms with Gasteiger partial charge >= 0.3 is 12.1 Å². The lowest BCUT2D eigenvalue weighted by atomic mass is 10.1. The highest BCUT2D eigenvalue weighted by molar-refractivity contribution is 7.18. The van der Waals surface area contributed by atoms with Gasteiger partial charge in [-0.15, -0.1) is 11.3 Å². The van der Waals surface area contributed by atoms with Crippen LogP contribution in [0.25, 0.3) is 26.7 Å². The number of halogens is 4. The molecule has 4 rings (SSSR count). The van der Waals surface area contributed by atoms with E-state index in [1.807, 2.05) is 17.4 Å². The fraction of sp³-hybridized carbons (Fsp3) is 0.125. The first-order valence-electron chi connectivity index (χ1n) is 10.1. The van der Waals surface area contributed by atoms with Gasteiger partial charge < -0.3 is 10.1 Å². The van der Waals surface area contributed by atoms with E-state index in [9.17, 15) is 22.8 Å². The molecule has 35 heavy (non-hydrogen) atoms. The number of thiophene rings is 1. The first kappa shape index (κ1) is 24.5. The van der Waals surface area contributed by atoms with Gasteiger partial charge in [0.05, 0.1) is 34.0 Å². The normalized spacial score (nSPS) is 11.3. The largest absolute Gasteiger partial charge is 0.465 e. The first-order valence-corrected chi connectivity index (χ1v) is 11.3. The fourth-order valence-corrected chi connectivity index (χ4v) is 4.51. The summed E-state index contributed by atoms with van der Waals surface area (Å²) in [6.07, 6.45) is -4.55. The van der Waals surface area contributed by atoms with Crippen LogP contribution >= 0.6 is 22.9 Å². The molecule has 1 N–H and O–H groups in total. The molecule has 0 aliphatic carbocycles. The third kappa shape index (κ3) is 5.55. The molecule has 0 saturated heterocycles. The molecule has 1 amide bonds. The standard InChI is InChI=1S/C24H17ClF3N3O3S/c1-34-23(33)15-6-4-5-14(11-15)20-9-10-21(35-20)19-12-17(22(32)29-13-24(26,27)28)30-31(19)18-8-3-2-7-16(18)25/h2-12H,13H2,1H3,(H,29,32). The van der Waals surface area contributed by atoms with Crippen molar-refractivity contribution in [3.05, 3.63) is 83.0 Å². The molecule has 0 bridgehead atoms. The molecule has 0 spiro atoms. The summed E-state index contributed by atoms with van der Waals surface area (Å²) >= 11 is 7.70. The lowest BCUT2D eigenvalue weighted by Crippen LogP contribution is -2.33. The third-order valence-electron chi connectivity index (χ3n) is 4.90. The number of amides is 1. The summed E-state index contributed by atoms with van der Waals surface area (Å²) in [5.41, 5.74) is 1.91. The van der Waals surface area contributed by atoms with Gasteiger partial charge in [-0.3, -0.25) is 4.79 Å². The highest BCUT2D eigenvalue weighted by atomic mass is 35.5. The van der Waals surface area contributed by atoms with E-state index in [1.54, 1.807) is 48.5 Å². The van der Waals surface area contributed by atoms with Gasteiger partial charge in [0.25, 0.3) is 5.91 Å². The Balaban J connectivity index is 1.75. The van der Waals surface area contributed by atoms with Crippen molar-refractivity contribution in [2.45, 2.75) is 6.18 Å². The Morgan fingerprint density at radius 2 is 1.80 bits per heavy atom. The highest BCUT2D eigenvalue weighted by Gasteiger charge is 2.29. The Kier molecular flexibility index (Phi) is 6.95. The van der Waals surface area contributed by atoms with Crippen molar-refractivity contribution in [1.29, 1.82) is 0 Å². The number of esters is 1. The van der Waals surface area contributed by atoms with E-state index in [1.165, 1.54) is 29.2 Å². The van der Waals surface area contributed by atoms with Crippen molar-refractivity contribution in [3.63, 3.8) is 0 Å². The van der Waals surface area contributed by atoms with Crippen LogP contribution in [0.2, 0.25) is 5.02 Å². The summed E-state index contributed by atoms with van der Waals surface area (Å²) in [5, 5.41) is 6.43. The number of hydrogen-bond donors (Lipinski definition) is 1. The number of methoxy groups -OCH3 is 1. The van der Waals surface area contributed by atoms with Gasteiger partial charge in [-0.25, -0.2) is 9.48 Å². The number of hydrogen-bond acceptors (Lipinski definition) is 5. The number of aromatic nitrogens is 2. The maximum absolute atomic E-state index is 12.6. The zero-order valence-corrected chi connectivity index (χ0v) is 19.7. The Hall–Kier alpha value is -3.63. The van der Waals surface area contributed by atoms with Crippen molar-refractivity contribution in [2.75, 3.05) is 13.7 Å². The molecule has 0 saturated carbocycles. The monoisotopic (exact) mass is 519 g/mol. The van der Waals surface area contributed by atoms with Crippen LogP contribution in [0, 0.1) is 0 Å². The smallest absolute Gasteiger partial charge is 0.405 e. The number of alkyl halides is 3. The minimum absolute atomic E-state index is 0.188. The van der Waals surface area contributed by atoms with Crippen LogP contribution in [0.15, 0.2) is 66.7 Å². The van der Waals surface area contributed by atoms with Crippen molar-refractivity contribution in [1.82, 2.24) is 15.1 Å². The van der Waals surface area contributed by atoms with Crippen LogP contribution in [0.4, 0.5) is 13.2 Å². The van der Waals surface area contributed by atoms with Crippen molar-refractivity contribution < 1.29 is 27.5 Å². The van der Waals surface area contributed by atoms with Gasteiger partial charge in [0.15, 0.2) is 5.69 Å². The average molecular weight is 520 g/mol. The summed E-state index contributed by atoms with van der Waals surface area (Å²) < 4.78 is 43.9. The van der Waals surface area contributed by atoms with E-state index in [0.717, 1.165) is 10.4 Å². The molecule has 180 valence electrons. The van der Waals surface area contributed by atoms with E-state index in [4.69, 9.17) is 16.3 Å². The summed E-state index contributed by atoms with van der Waals surface area (Å²) in [6.45, 7) is -1.47. The van der Waals surface area contributed by atoms with Crippen molar-refractivity contribution in [2.24, 2.45) is 0 Å². The van der Waals surface area contributed by atoms with Gasteiger partial charge in [-0.1, -0.05) is 35.9 Å². The molecule has 0 atom stereocenters. The topological polar surface area (TPSA) is 73.2 Å². The quantitative estimate of drug-likeness (QED) is 0.317. The molecular weight excluding hydrogens is 503 g/mol. The second kappa shape index (κ2) is 9.93. The number of rotatable bonds is 6. The molecule has 6 nitrogen and oxygen atoms in total. The molecule has 11 heteroatoms. The van der Waals surface area contributed by atoms with Crippen LogP contribution < -0.4 is 5.32 Å². The number of benzene rings is 2. The number of carbonyl (C=O) groups excluding carboxylic acids is 2. The maximum Gasteiger partial charge on any atom is 0.405 e. The summed E-state index contributed by atoms with van der Waals surface area (Å²) in [6, 6.07) is 18.7. The van der Waals surface area contributed by atoms with Crippen molar-refractivity contribution in [3.8, 4) is 26.7 Å². The molecule has 0 unspecified atom stereocenters.